The quantitative estimate of drug-likeness (QED) is 0.884. The molecule has 0 bridgehead atoms. The molecular weight excluding hydrogens is 270 g/mol. The average molecular weight is 287 g/mol. The van der Waals surface area contributed by atoms with Gasteiger partial charge >= 0.3 is 0 Å². The first-order valence-electron chi connectivity index (χ1n) is 6.81. The average Bonchev–Trinajstić information content (AvgIpc) is 2.92. The number of hydrogen-bond donors (Lipinski definition) is 2. The molecule has 2 N–H and O–H groups in total. The van der Waals surface area contributed by atoms with E-state index in [1.54, 1.807) is 17.0 Å². The van der Waals surface area contributed by atoms with Crippen molar-refractivity contribution in [3.05, 3.63) is 35.9 Å². The van der Waals surface area contributed by atoms with E-state index in [2.05, 4.69) is 20.8 Å². The number of ether oxygens (including phenoxy) is 1. The van der Waals surface area contributed by atoms with Gasteiger partial charge in [-0.1, -0.05) is 6.07 Å². The molecule has 0 saturated carbocycles. The lowest BCUT2D eigenvalue weighted by Gasteiger charge is -2.22. The van der Waals surface area contributed by atoms with E-state index in [1.165, 1.54) is 0 Å². The summed E-state index contributed by atoms with van der Waals surface area (Å²) in [5, 5.41) is 14.0. The van der Waals surface area contributed by atoms with Gasteiger partial charge in [0.2, 0.25) is 0 Å². The van der Waals surface area contributed by atoms with Crippen LogP contribution in [0.15, 0.2) is 24.5 Å². The molecule has 1 aliphatic heterocycles. The maximum Gasteiger partial charge on any atom is 0.255 e. The van der Waals surface area contributed by atoms with Crippen LogP contribution in [0.2, 0.25) is 0 Å². The molecule has 21 heavy (non-hydrogen) atoms. The Bertz CT molecular complexity index is 667. The van der Waals surface area contributed by atoms with Crippen molar-refractivity contribution in [2.24, 2.45) is 7.05 Å². The number of carbonyl (C=O) groups excluding carboxylic acids is 1. The number of para-hydroxylation sites is 1. The highest BCUT2D eigenvalue weighted by atomic mass is 16.5. The largest absolute Gasteiger partial charge is 0.489 e. The van der Waals surface area contributed by atoms with E-state index in [4.69, 9.17) is 4.74 Å². The Morgan fingerprint density at radius 3 is 3.14 bits per heavy atom. The van der Waals surface area contributed by atoms with Gasteiger partial charge in [-0.3, -0.25) is 4.79 Å². The van der Waals surface area contributed by atoms with Crippen LogP contribution in [-0.2, 0) is 7.05 Å². The van der Waals surface area contributed by atoms with Gasteiger partial charge in [0.25, 0.3) is 5.91 Å². The summed E-state index contributed by atoms with van der Waals surface area (Å²) in [6.45, 7) is 3.17. The van der Waals surface area contributed by atoms with E-state index in [1.807, 2.05) is 26.1 Å². The first-order valence-corrected chi connectivity index (χ1v) is 6.81. The van der Waals surface area contributed by atoms with Crippen molar-refractivity contribution in [2.45, 2.75) is 13.0 Å². The van der Waals surface area contributed by atoms with Gasteiger partial charge in [-0.2, -0.15) is 0 Å². The fraction of sp³-hybridized carbons (Fsp3) is 0.357. The first kappa shape index (κ1) is 13.4. The number of anilines is 1. The zero-order valence-electron chi connectivity index (χ0n) is 12.0. The van der Waals surface area contributed by atoms with Gasteiger partial charge in [0, 0.05) is 13.6 Å². The number of benzene rings is 1. The molecule has 1 aromatic carbocycles. The van der Waals surface area contributed by atoms with E-state index in [9.17, 15) is 4.79 Å². The normalized spacial score (nSPS) is 14.6. The van der Waals surface area contributed by atoms with E-state index >= 15 is 0 Å². The van der Waals surface area contributed by atoms with Gasteiger partial charge in [0.05, 0.1) is 17.3 Å². The molecule has 110 valence electrons. The number of fused-ring (bicyclic) bond motifs is 1. The first-order chi connectivity index (χ1) is 10.2. The summed E-state index contributed by atoms with van der Waals surface area (Å²) in [4.78, 5) is 12.5. The fourth-order valence-corrected chi connectivity index (χ4v) is 2.37. The Morgan fingerprint density at radius 1 is 1.52 bits per heavy atom. The van der Waals surface area contributed by atoms with Gasteiger partial charge in [0.15, 0.2) is 11.6 Å². The van der Waals surface area contributed by atoms with Crippen LogP contribution in [0, 0.1) is 0 Å². The van der Waals surface area contributed by atoms with Gasteiger partial charge in [-0.05, 0) is 19.1 Å². The Hall–Kier alpha value is -2.57. The Balaban J connectivity index is 1.81. The molecule has 2 aromatic rings. The third-order valence-electron chi connectivity index (χ3n) is 3.40. The summed E-state index contributed by atoms with van der Waals surface area (Å²) in [6, 6.07) is 5.25. The van der Waals surface area contributed by atoms with E-state index in [0.717, 1.165) is 12.2 Å². The van der Waals surface area contributed by atoms with Crippen LogP contribution >= 0.6 is 0 Å². The minimum Gasteiger partial charge on any atom is -0.489 e. The zero-order chi connectivity index (χ0) is 14.8. The molecule has 1 aromatic heterocycles. The topological polar surface area (TPSA) is 81.1 Å². The molecule has 7 nitrogen and oxygen atoms in total. The van der Waals surface area contributed by atoms with Gasteiger partial charge in [-0.25, -0.2) is 0 Å². The van der Waals surface area contributed by atoms with Crippen LogP contribution < -0.4 is 15.4 Å². The van der Waals surface area contributed by atoms with Gasteiger partial charge in [0.1, 0.15) is 12.9 Å². The second-order valence-corrected chi connectivity index (χ2v) is 4.95. The fourth-order valence-electron chi connectivity index (χ4n) is 2.37. The summed E-state index contributed by atoms with van der Waals surface area (Å²) in [6.07, 6.45) is 1.61. The third-order valence-corrected chi connectivity index (χ3v) is 3.40. The number of aromatic nitrogens is 3. The third kappa shape index (κ3) is 2.54. The molecule has 0 spiro atoms. The van der Waals surface area contributed by atoms with Gasteiger partial charge < -0.3 is 19.9 Å². The van der Waals surface area contributed by atoms with E-state index in [0.29, 0.717) is 23.7 Å². The Labute approximate surface area is 122 Å². The molecule has 1 amide bonds. The Kier molecular flexibility index (Phi) is 3.47. The van der Waals surface area contributed by atoms with Crippen molar-refractivity contribution >= 4 is 11.6 Å². The molecule has 1 aliphatic rings. The number of nitrogens with one attached hydrogen (secondary N) is 2. The predicted molar refractivity (Wildman–Crippen MR) is 77.3 cm³/mol. The van der Waals surface area contributed by atoms with E-state index < -0.39 is 0 Å². The highest BCUT2D eigenvalue weighted by Crippen LogP contribution is 2.31. The minimum atomic E-state index is -0.239. The van der Waals surface area contributed by atoms with Crippen molar-refractivity contribution in [1.82, 2.24) is 20.1 Å². The lowest BCUT2D eigenvalue weighted by atomic mass is 10.1. The second-order valence-electron chi connectivity index (χ2n) is 4.95. The van der Waals surface area contributed by atoms with Crippen LogP contribution in [0.4, 0.5) is 5.69 Å². The zero-order valence-corrected chi connectivity index (χ0v) is 12.0. The van der Waals surface area contributed by atoms with Crippen molar-refractivity contribution in [3.63, 3.8) is 0 Å². The summed E-state index contributed by atoms with van der Waals surface area (Å²) >= 11 is 0. The summed E-state index contributed by atoms with van der Waals surface area (Å²) in [7, 11) is 1.84. The maximum absolute atomic E-state index is 12.5. The number of hydrogen-bond acceptors (Lipinski definition) is 5. The molecule has 1 atom stereocenters. The summed E-state index contributed by atoms with van der Waals surface area (Å²) in [5.74, 6) is 1.12. The number of aryl methyl sites for hydroxylation is 1. The van der Waals surface area contributed by atoms with Crippen LogP contribution in [0.5, 0.6) is 5.75 Å². The van der Waals surface area contributed by atoms with Crippen molar-refractivity contribution < 1.29 is 9.53 Å². The maximum atomic E-state index is 12.5. The number of amides is 1. The van der Waals surface area contributed by atoms with E-state index in [-0.39, 0.29) is 11.9 Å². The molecule has 0 fully saturated rings. The lowest BCUT2D eigenvalue weighted by Crippen LogP contribution is -2.30. The SMILES string of the molecule is CC(NC(=O)c1cccc2c1OCCN2)c1nncn1C. The summed E-state index contributed by atoms with van der Waals surface area (Å²) < 4.78 is 7.40. The van der Waals surface area contributed by atoms with Crippen LogP contribution in [0.1, 0.15) is 29.1 Å². The van der Waals surface area contributed by atoms with Crippen molar-refractivity contribution in [1.29, 1.82) is 0 Å². The Morgan fingerprint density at radius 2 is 2.38 bits per heavy atom. The number of nitrogens with zero attached hydrogens (tertiary/aromatic N) is 3. The minimum absolute atomic E-state index is 0.189. The molecule has 0 saturated heterocycles. The molecule has 2 heterocycles. The van der Waals surface area contributed by atoms with Crippen LogP contribution in [-0.4, -0.2) is 33.8 Å². The molecule has 0 radical (unpaired) electrons. The molecule has 7 heteroatoms. The predicted octanol–water partition coefficient (Wildman–Crippen LogP) is 1.11. The number of carbonyl (C=O) groups is 1. The molecular formula is C14H17N5O2. The molecule has 3 rings (SSSR count). The highest BCUT2D eigenvalue weighted by molar-refractivity contribution is 5.99. The lowest BCUT2D eigenvalue weighted by molar-refractivity contribution is 0.0933. The van der Waals surface area contributed by atoms with Crippen molar-refractivity contribution in [3.8, 4) is 5.75 Å². The smallest absolute Gasteiger partial charge is 0.255 e. The van der Waals surface area contributed by atoms with Crippen molar-refractivity contribution in [2.75, 3.05) is 18.5 Å². The number of rotatable bonds is 3. The molecule has 1 unspecified atom stereocenters. The standard InChI is InChI=1S/C14H17N5O2/c1-9(13-18-16-8-19(13)2)17-14(20)10-4-3-5-11-12(10)21-7-6-15-11/h3-5,8-9,15H,6-7H2,1-2H3,(H,17,20). The van der Waals surface area contributed by atoms with Crippen LogP contribution in [0.25, 0.3) is 0 Å². The molecule has 0 aliphatic carbocycles. The highest BCUT2D eigenvalue weighted by Gasteiger charge is 2.21. The van der Waals surface area contributed by atoms with Gasteiger partial charge in [-0.15, -0.1) is 10.2 Å². The van der Waals surface area contributed by atoms with Crippen LogP contribution in [0.3, 0.4) is 0 Å². The second kappa shape index (κ2) is 5.43. The monoisotopic (exact) mass is 287 g/mol. The summed E-state index contributed by atoms with van der Waals surface area (Å²) in [5.41, 5.74) is 1.37.